The lowest BCUT2D eigenvalue weighted by Gasteiger charge is -2.26. The van der Waals surface area contributed by atoms with Gasteiger partial charge < -0.3 is 20.0 Å². The van der Waals surface area contributed by atoms with E-state index < -0.39 is 0 Å². The van der Waals surface area contributed by atoms with Crippen LogP contribution in [0.15, 0.2) is 52.1 Å². The minimum absolute atomic E-state index is 0. The molecule has 172 valence electrons. The Labute approximate surface area is 203 Å². The standard InChI is InChI=1S/C23H35N5O2.HI/c1-23(2,3)26-21(29)17-28(6)22(24-4)25-14-18-10-7-8-11-19(18)15-27(5)16-20-12-9-13-30-20;/h7-13H,14-17H2,1-6H3,(H,24,25)(H,26,29);1H. The predicted molar refractivity (Wildman–Crippen MR) is 136 cm³/mol. The number of carbonyl (C=O) groups is 1. The Balaban J connectivity index is 0.00000480. The SMILES string of the molecule is CN=C(NCc1ccccc1CN(C)Cc1ccco1)N(C)CC(=O)NC(C)(C)C.I. The van der Waals surface area contributed by atoms with Gasteiger partial charge in [-0.2, -0.15) is 0 Å². The van der Waals surface area contributed by atoms with Crippen LogP contribution in [0, 0.1) is 0 Å². The van der Waals surface area contributed by atoms with Gasteiger partial charge in [-0.3, -0.25) is 14.7 Å². The fourth-order valence-electron chi connectivity index (χ4n) is 3.21. The fraction of sp³-hybridized carbons (Fsp3) is 0.478. The number of benzene rings is 1. The molecule has 0 fully saturated rings. The second-order valence-corrected chi connectivity index (χ2v) is 8.58. The summed E-state index contributed by atoms with van der Waals surface area (Å²) in [5.41, 5.74) is 2.18. The van der Waals surface area contributed by atoms with Gasteiger partial charge in [-0.1, -0.05) is 24.3 Å². The zero-order valence-electron chi connectivity index (χ0n) is 19.4. The van der Waals surface area contributed by atoms with Gasteiger partial charge in [-0.25, -0.2) is 0 Å². The largest absolute Gasteiger partial charge is 0.468 e. The number of nitrogens with zero attached hydrogens (tertiary/aromatic N) is 3. The highest BCUT2D eigenvalue weighted by atomic mass is 127. The molecule has 0 atom stereocenters. The zero-order valence-corrected chi connectivity index (χ0v) is 21.8. The van der Waals surface area contributed by atoms with E-state index in [2.05, 4.69) is 45.8 Å². The highest BCUT2D eigenvalue weighted by molar-refractivity contribution is 14.0. The number of carbonyl (C=O) groups excluding carboxylic acids is 1. The van der Waals surface area contributed by atoms with E-state index in [1.54, 1.807) is 13.3 Å². The molecular weight excluding hydrogens is 505 g/mol. The van der Waals surface area contributed by atoms with Crippen LogP contribution >= 0.6 is 24.0 Å². The van der Waals surface area contributed by atoms with Gasteiger partial charge in [0, 0.05) is 32.7 Å². The average Bonchev–Trinajstić information content (AvgIpc) is 3.14. The summed E-state index contributed by atoms with van der Waals surface area (Å²) >= 11 is 0. The molecule has 0 saturated carbocycles. The Morgan fingerprint density at radius 3 is 2.32 bits per heavy atom. The molecule has 0 bridgehead atoms. The van der Waals surface area contributed by atoms with Gasteiger partial charge in [0.25, 0.3) is 0 Å². The summed E-state index contributed by atoms with van der Waals surface area (Å²) in [7, 11) is 5.66. The molecule has 2 rings (SSSR count). The molecule has 31 heavy (non-hydrogen) atoms. The molecule has 0 radical (unpaired) electrons. The highest BCUT2D eigenvalue weighted by Gasteiger charge is 2.17. The predicted octanol–water partition coefficient (Wildman–Crippen LogP) is 3.45. The van der Waals surface area contributed by atoms with Crippen molar-refractivity contribution in [2.45, 2.75) is 45.9 Å². The fourth-order valence-corrected chi connectivity index (χ4v) is 3.21. The second-order valence-electron chi connectivity index (χ2n) is 8.58. The van der Waals surface area contributed by atoms with Gasteiger partial charge in [0.1, 0.15) is 5.76 Å². The van der Waals surface area contributed by atoms with Gasteiger partial charge in [0.2, 0.25) is 5.91 Å². The first-order valence-corrected chi connectivity index (χ1v) is 10.2. The smallest absolute Gasteiger partial charge is 0.240 e. The van der Waals surface area contributed by atoms with Crippen LogP contribution in [0.3, 0.4) is 0 Å². The third-order valence-corrected chi connectivity index (χ3v) is 4.47. The number of furan rings is 1. The summed E-state index contributed by atoms with van der Waals surface area (Å²) in [5, 5.41) is 6.35. The summed E-state index contributed by atoms with van der Waals surface area (Å²) in [6, 6.07) is 12.2. The van der Waals surface area contributed by atoms with Crippen molar-refractivity contribution in [3.63, 3.8) is 0 Å². The van der Waals surface area contributed by atoms with Crippen LogP contribution < -0.4 is 10.6 Å². The average molecular weight is 541 g/mol. The summed E-state index contributed by atoms with van der Waals surface area (Å²) in [6.45, 7) is 8.34. The number of rotatable bonds is 8. The maximum Gasteiger partial charge on any atom is 0.240 e. The molecule has 2 N–H and O–H groups in total. The maximum atomic E-state index is 12.2. The van der Waals surface area contributed by atoms with Crippen LogP contribution in [0.25, 0.3) is 0 Å². The zero-order chi connectivity index (χ0) is 22.1. The molecule has 0 aliphatic rings. The van der Waals surface area contributed by atoms with E-state index >= 15 is 0 Å². The van der Waals surface area contributed by atoms with Crippen LogP contribution in [-0.2, 0) is 24.4 Å². The Kier molecular flexibility index (Phi) is 11.1. The lowest BCUT2D eigenvalue weighted by Crippen LogP contribution is -2.48. The van der Waals surface area contributed by atoms with E-state index in [1.165, 1.54) is 11.1 Å². The van der Waals surface area contributed by atoms with Crippen molar-refractivity contribution in [2.75, 3.05) is 27.7 Å². The highest BCUT2D eigenvalue weighted by Crippen LogP contribution is 2.13. The molecule has 0 aliphatic heterocycles. The van der Waals surface area contributed by atoms with Gasteiger partial charge >= 0.3 is 0 Å². The molecule has 1 heterocycles. The molecule has 0 saturated heterocycles. The maximum absolute atomic E-state index is 12.2. The van der Waals surface area contributed by atoms with Crippen LogP contribution in [-0.4, -0.2) is 54.9 Å². The van der Waals surface area contributed by atoms with Crippen molar-refractivity contribution >= 4 is 35.8 Å². The molecule has 0 aliphatic carbocycles. The number of likely N-dealkylation sites (N-methyl/N-ethyl adjacent to an activating group) is 1. The molecule has 1 amide bonds. The first kappa shape index (κ1) is 27.0. The van der Waals surface area contributed by atoms with Gasteiger partial charge in [-0.05, 0) is 51.1 Å². The number of hydrogen-bond donors (Lipinski definition) is 2. The topological polar surface area (TPSA) is 73.1 Å². The van der Waals surface area contributed by atoms with Crippen LogP contribution in [0.1, 0.15) is 37.7 Å². The molecular formula is C23H36IN5O2. The van der Waals surface area contributed by atoms with Crippen molar-refractivity contribution in [1.82, 2.24) is 20.4 Å². The first-order chi connectivity index (χ1) is 14.2. The molecule has 7 nitrogen and oxygen atoms in total. The third kappa shape index (κ3) is 9.73. The van der Waals surface area contributed by atoms with E-state index in [-0.39, 0.29) is 42.0 Å². The van der Waals surface area contributed by atoms with Gasteiger partial charge in [0.15, 0.2) is 5.96 Å². The van der Waals surface area contributed by atoms with Crippen molar-refractivity contribution in [3.05, 3.63) is 59.5 Å². The summed E-state index contributed by atoms with van der Waals surface area (Å²) < 4.78 is 5.45. The number of nitrogens with one attached hydrogen (secondary N) is 2. The lowest BCUT2D eigenvalue weighted by molar-refractivity contribution is -0.122. The number of halogens is 1. The minimum atomic E-state index is -0.254. The van der Waals surface area contributed by atoms with E-state index in [9.17, 15) is 4.79 Å². The van der Waals surface area contributed by atoms with Crippen molar-refractivity contribution < 1.29 is 9.21 Å². The number of hydrogen-bond acceptors (Lipinski definition) is 4. The summed E-state index contributed by atoms with van der Waals surface area (Å²) in [6.07, 6.45) is 1.70. The Bertz CT molecular complexity index is 831. The third-order valence-electron chi connectivity index (χ3n) is 4.47. The van der Waals surface area contributed by atoms with Crippen molar-refractivity contribution in [3.8, 4) is 0 Å². The summed E-state index contributed by atoms with van der Waals surface area (Å²) in [5.74, 6) is 1.59. The molecule has 1 aromatic carbocycles. The van der Waals surface area contributed by atoms with Crippen molar-refractivity contribution in [1.29, 1.82) is 0 Å². The Morgan fingerprint density at radius 2 is 1.74 bits per heavy atom. The van der Waals surface area contributed by atoms with Crippen molar-refractivity contribution in [2.24, 2.45) is 4.99 Å². The van der Waals surface area contributed by atoms with Gasteiger partial charge in [0.05, 0.1) is 19.4 Å². The number of aliphatic imine (C=N–C) groups is 1. The summed E-state index contributed by atoms with van der Waals surface area (Å²) in [4.78, 5) is 20.6. The van der Waals surface area contributed by atoms with E-state index in [0.29, 0.717) is 12.5 Å². The van der Waals surface area contributed by atoms with E-state index in [4.69, 9.17) is 4.42 Å². The number of guanidine groups is 1. The van der Waals surface area contributed by atoms with Crippen LogP contribution in [0.4, 0.5) is 0 Å². The van der Waals surface area contributed by atoms with Crippen LogP contribution in [0.2, 0.25) is 0 Å². The Morgan fingerprint density at radius 1 is 1.06 bits per heavy atom. The monoisotopic (exact) mass is 541 g/mol. The normalized spacial score (nSPS) is 11.8. The minimum Gasteiger partial charge on any atom is -0.468 e. The van der Waals surface area contributed by atoms with E-state index in [1.807, 2.05) is 50.9 Å². The molecule has 0 unspecified atom stereocenters. The number of amides is 1. The second kappa shape index (κ2) is 12.7. The molecule has 2 aromatic rings. The van der Waals surface area contributed by atoms with E-state index in [0.717, 1.165) is 18.8 Å². The Hall–Kier alpha value is -2.07. The first-order valence-electron chi connectivity index (χ1n) is 10.2. The quantitative estimate of drug-likeness (QED) is 0.305. The lowest BCUT2D eigenvalue weighted by atomic mass is 10.1. The van der Waals surface area contributed by atoms with Crippen LogP contribution in [0.5, 0.6) is 0 Å². The molecule has 1 aromatic heterocycles. The van der Waals surface area contributed by atoms with Gasteiger partial charge in [-0.15, -0.1) is 24.0 Å². The molecule has 0 spiro atoms. The molecule has 8 heteroatoms.